The Hall–Kier alpha value is -3.35. The third kappa shape index (κ3) is 3.42. The van der Waals surface area contributed by atoms with E-state index in [0.29, 0.717) is 25.7 Å². The summed E-state index contributed by atoms with van der Waals surface area (Å²) in [5.41, 5.74) is 2.73. The molecule has 7 heteroatoms. The van der Waals surface area contributed by atoms with E-state index in [2.05, 4.69) is 34.9 Å². The van der Waals surface area contributed by atoms with Crippen molar-refractivity contribution in [1.82, 2.24) is 10.6 Å². The molecule has 0 aliphatic heterocycles. The van der Waals surface area contributed by atoms with Crippen LogP contribution in [-0.4, -0.2) is 41.8 Å². The highest BCUT2D eigenvalue weighted by molar-refractivity contribution is 5.92. The first-order valence-electron chi connectivity index (χ1n) is 11.1. The quantitative estimate of drug-likeness (QED) is 0.619. The first-order chi connectivity index (χ1) is 15.4. The van der Waals surface area contributed by atoms with Gasteiger partial charge in [0, 0.05) is 12.5 Å². The largest absolute Gasteiger partial charge is 0.480 e. The molecule has 3 aliphatic rings. The zero-order valence-electron chi connectivity index (χ0n) is 17.7. The molecule has 5 rings (SSSR count). The molecule has 32 heavy (non-hydrogen) atoms. The lowest BCUT2D eigenvalue weighted by Gasteiger charge is -2.40. The second kappa shape index (κ2) is 7.65. The van der Waals surface area contributed by atoms with E-state index in [0.717, 1.165) is 28.7 Å². The molecule has 2 saturated carbocycles. The van der Waals surface area contributed by atoms with Crippen molar-refractivity contribution in [2.75, 3.05) is 13.2 Å². The van der Waals surface area contributed by atoms with E-state index in [1.165, 1.54) is 0 Å². The zero-order valence-corrected chi connectivity index (χ0v) is 17.7. The molecule has 7 nitrogen and oxygen atoms in total. The highest BCUT2D eigenvalue weighted by Crippen LogP contribution is 2.45. The lowest BCUT2D eigenvalue weighted by molar-refractivity contribution is -0.146. The van der Waals surface area contributed by atoms with E-state index < -0.39 is 23.0 Å². The maximum Gasteiger partial charge on any atom is 0.407 e. The molecule has 166 valence electrons. The maximum absolute atomic E-state index is 12.8. The summed E-state index contributed by atoms with van der Waals surface area (Å²) < 4.78 is 5.56. The number of carboxylic acid groups (broad SMARTS) is 1. The number of benzene rings is 2. The normalized spacial score (nSPS) is 19.1. The number of ether oxygens (including phenoxy) is 1. The number of amides is 2. The van der Waals surface area contributed by atoms with Gasteiger partial charge in [-0.2, -0.15) is 0 Å². The van der Waals surface area contributed by atoms with Crippen molar-refractivity contribution >= 4 is 18.0 Å². The number of alkyl carbamates (subject to hydrolysis) is 1. The Balaban J connectivity index is 1.20. The molecule has 2 aromatic rings. The molecule has 0 heterocycles. The Morgan fingerprint density at radius 1 is 0.938 bits per heavy atom. The van der Waals surface area contributed by atoms with E-state index in [4.69, 9.17) is 4.74 Å². The Bertz CT molecular complexity index is 1040. The van der Waals surface area contributed by atoms with Crippen molar-refractivity contribution in [3.63, 3.8) is 0 Å². The van der Waals surface area contributed by atoms with Crippen LogP contribution in [0.4, 0.5) is 4.79 Å². The number of hydrogen-bond acceptors (Lipinski definition) is 4. The van der Waals surface area contributed by atoms with Gasteiger partial charge in [-0.15, -0.1) is 0 Å². The number of rotatable bonds is 7. The van der Waals surface area contributed by atoms with Gasteiger partial charge < -0.3 is 20.5 Å². The molecule has 0 atom stereocenters. The van der Waals surface area contributed by atoms with Crippen LogP contribution >= 0.6 is 0 Å². The zero-order chi connectivity index (χ0) is 22.3. The molecule has 2 aromatic carbocycles. The lowest BCUT2D eigenvalue weighted by Crippen LogP contribution is -2.56. The predicted octanol–water partition coefficient (Wildman–Crippen LogP) is 3.43. The first-order valence-corrected chi connectivity index (χ1v) is 11.1. The van der Waals surface area contributed by atoms with E-state index >= 15 is 0 Å². The summed E-state index contributed by atoms with van der Waals surface area (Å²) in [6, 6.07) is 16.3. The van der Waals surface area contributed by atoms with Gasteiger partial charge in [-0.05, 0) is 47.9 Å². The van der Waals surface area contributed by atoms with Crippen LogP contribution < -0.4 is 10.6 Å². The molecular weight excluding hydrogens is 408 g/mol. The standard InChI is InChI=1S/C25H26N2O5/c28-21(27-25(12-13-25)22(29)30)24(10-5-11-24)15-26-23(31)32-14-20-18-8-3-1-6-16(18)17-7-2-4-9-19(17)20/h1-4,6-9,20H,5,10-15H2,(H,26,31)(H,27,28)(H,29,30). The number of carbonyl (C=O) groups is 3. The van der Waals surface area contributed by atoms with E-state index in [9.17, 15) is 19.5 Å². The minimum Gasteiger partial charge on any atom is -0.480 e. The summed E-state index contributed by atoms with van der Waals surface area (Å²) >= 11 is 0. The Morgan fingerprint density at radius 3 is 2.03 bits per heavy atom. The molecule has 0 radical (unpaired) electrons. The summed E-state index contributed by atoms with van der Waals surface area (Å²) in [6.07, 6.45) is 2.45. The van der Waals surface area contributed by atoms with Crippen molar-refractivity contribution in [2.24, 2.45) is 5.41 Å². The van der Waals surface area contributed by atoms with Crippen molar-refractivity contribution in [1.29, 1.82) is 0 Å². The summed E-state index contributed by atoms with van der Waals surface area (Å²) in [7, 11) is 0. The fraction of sp³-hybridized carbons (Fsp3) is 0.400. The van der Waals surface area contributed by atoms with Gasteiger partial charge in [-0.1, -0.05) is 55.0 Å². The van der Waals surface area contributed by atoms with Crippen LogP contribution in [0, 0.1) is 5.41 Å². The summed E-state index contributed by atoms with van der Waals surface area (Å²) in [5.74, 6) is -1.31. The molecule has 0 spiro atoms. The van der Waals surface area contributed by atoms with Gasteiger partial charge in [0.1, 0.15) is 12.1 Å². The molecule has 2 amide bonds. The fourth-order valence-corrected chi connectivity index (χ4v) is 4.85. The molecule has 0 bridgehead atoms. The second-order valence-corrected chi connectivity index (χ2v) is 9.15. The van der Waals surface area contributed by atoms with Crippen molar-refractivity contribution < 1.29 is 24.2 Å². The van der Waals surface area contributed by atoms with Gasteiger partial charge in [-0.3, -0.25) is 4.79 Å². The number of carboxylic acids is 1. The average molecular weight is 434 g/mol. The number of aliphatic carboxylic acids is 1. The summed E-state index contributed by atoms with van der Waals surface area (Å²) in [5, 5.41) is 14.8. The van der Waals surface area contributed by atoms with Crippen LogP contribution in [0.15, 0.2) is 48.5 Å². The Morgan fingerprint density at radius 2 is 1.53 bits per heavy atom. The topological polar surface area (TPSA) is 105 Å². The molecule has 2 fully saturated rings. The van der Waals surface area contributed by atoms with Gasteiger partial charge in [0.15, 0.2) is 0 Å². The second-order valence-electron chi connectivity index (χ2n) is 9.15. The third-order valence-electron chi connectivity index (χ3n) is 7.22. The minimum atomic E-state index is -1.12. The maximum atomic E-state index is 12.8. The molecule has 0 unspecified atom stereocenters. The molecule has 3 aliphatic carbocycles. The van der Waals surface area contributed by atoms with Gasteiger partial charge in [-0.25, -0.2) is 9.59 Å². The Kier molecular flexibility index (Phi) is 4.92. The van der Waals surface area contributed by atoms with Crippen LogP contribution in [0.2, 0.25) is 0 Å². The predicted molar refractivity (Wildman–Crippen MR) is 117 cm³/mol. The van der Waals surface area contributed by atoms with Crippen molar-refractivity contribution in [3.05, 3.63) is 59.7 Å². The van der Waals surface area contributed by atoms with E-state index in [1.807, 2.05) is 24.3 Å². The fourth-order valence-electron chi connectivity index (χ4n) is 4.85. The van der Waals surface area contributed by atoms with Gasteiger partial charge >= 0.3 is 12.1 Å². The van der Waals surface area contributed by atoms with E-state index in [-0.39, 0.29) is 25.0 Å². The number of carbonyl (C=O) groups excluding carboxylic acids is 2. The molecule has 0 aromatic heterocycles. The van der Waals surface area contributed by atoms with Gasteiger partial charge in [0.25, 0.3) is 0 Å². The van der Waals surface area contributed by atoms with E-state index in [1.54, 1.807) is 0 Å². The summed E-state index contributed by atoms with van der Waals surface area (Å²) in [4.78, 5) is 36.7. The van der Waals surface area contributed by atoms with Crippen LogP contribution in [0.1, 0.15) is 49.1 Å². The van der Waals surface area contributed by atoms with Crippen LogP contribution in [-0.2, 0) is 14.3 Å². The van der Waals surface area contributed by atoms with Crippen LogP contribution in [0.5, 0.6) is 0 Å². The molecule has 0 saturated heterocycles. The highest BCUT2D eigenvalue weighted by Gasteiger charge is 2.55. The minimum absolute atomic E-state index is 0.0283. The van der Waals surface area contributed by atoms with Gasteiger partial charge in [0.05, 0.1) is 5.41 Å². The summed E-state index contributed by atoms with van der Waals surface area (Å²) in [6.45, 7) is 0.354. The number of hydrogen-bond donors (Lipinski definition) is 3. The first kappa shape index (κ1) is 20.5. The van der Waals surface area contributed by atoms with Crippen molar-refractivity contribution in [3.8, 4) is 11.1 Å². The lowest BCUT2D eigenvalue weighted by atomic mass is 9.68. The van der Waals surface area contributed by atoms with Gasteiger partial charge in [0.2, 0.25) is 5.91 Å². The molecular formula is C25H26N2O5. The monoisotopic (exact) mass is 434 g/mol. The number of nitrogens with one attached hydrogen (secondary N) is 2. The third-order valence-corrected chi connectivity index (χ3v) is 7.22. The Labute approximate surface area is 186 Å². The SMILES string of the molecule is O=C(NCC1(C(=O)NC2(C(=O)O)CC2)CCC1)OCC1c2ccccc2-c2ccccc21. The average Bonchev–Trinajstić information content (AvgIpc) is 3.48. The smallest absolute Gasteiger partial charge is 0.407 e. The van der Waals surface area contributed by atoms with Crippen molar-refractivity contribution in [2.45, 2.75) is 43.6 Å². The van der Waals surface area contributed by atoms with Crippen LogP contribution in [0.3, 0.4) is 0 Å². The number of fused-ring (bicyclic) bond motifs is 3. The molecule has 3 N–H and O–H groups in total. The van der Waals surface area contributed by atoms with Crippen LogP contribution in [0.25, 0.3) is 11.1 Å². The highest BCUT2D eigenvalue weighted by atomic mass is 16.5.